The highest BCUT2D eigenvalue weighted by molar-refractivity contribution is 6.02. The van der Waals surface area contributed by atoms with Gasteiger partial charge in [-0.25, -0.2) is 0 Å². The van der Waals surface area contributed by atoms with Crippen LogP contribution in [0, 0.1) is 0 Å². The predicted molar refractivity (Wildman–Crippen MR) is 123 cm³/mol. The molecule has 2 heterocycles. The number of alkyl halides is 2. The van der Waals surface area contributed by atoms with E-state index in [1.165, 1.54) is 29.2 Å². The maximum atomic E-state index is 14.5. The normalized spacial score (nSPS) is 20.4. The minimum atomic E-state index is -3.85. The number of carbonyl (C=O) groups excluding carboxylic acids is 4. The first-order valence-corrected chi connectivity index (χ1v) is 10.5. The third kappa shape index (κ3) is 6.60. The van der Waals surface area contributed by atoms with E-state index < -0.39 is 35.3 Å². The van der Waals surface area contributed by atoms with Crippen molar-refractivity contribution in [2.45, 2.75) is 24.8 Å². The number of hydrogen-bond acceptors (Lipinski definition) is 5. The van der Waals surface area contributed by atoms with E-state index in [4.69, 9.17) is 0 Å². The molecule has 0 bridgehead atoms. The quantitative estimate of drug-likeness (QED) is 0.412. The first-order valence-electron chi connectivity index (χ1n) is 10.5. The molecule has 0 saturated carbocycles. The summed E-state index contributed by atoms with van der Waals surface area (Å²) in [4.78, 5) is 51.1. The van der Waals surface area contributed by atoms with Crippen molar-refractivity contribution in [3.8, 4) is 0 Å². The molecule has 2 aliphatic rings. The molecule has 1 unspecified atom stereocenters. The number of nitrogens with zero attached hydrogens (tertiary/aromatic N) is 2. The van der Waals surface area contributed by atoms with Crippen molar-refractivity contribution < 1.29 is 28.0 Å². The van der Waals surface area contributed by atoms with E-state index in [0.29, 0.717) is 11.3 Å². The van der Waals surface area contributed by atoms with Crippen LogP contribution in [0.3, 0.4) is 0 Å². The molecule has 2 rings (SSSR count). The number of likely N-dealkylation sites (N-methyl/N-ethyl adjacent to an activating group) is 1. The number of nitrogens with one attached hydrogen (secondary N) is 2. The molecule has 0 aromatic rings. The zero-order chi connectivity index (χ0) is 25.5. The lowest BCUT2D eigenvalue weighted by molar-refractivity contribution is -0.143. The highest BCUT2D eigenvalue weighted by Crippen LogP contribution is 2.25. The maximum Gasteiger partial charge on any atom is 0.349 e. The molecule has 0 aromatic carbocycles. The summed E-state index contributed by atoms with van der Waals surface area (Å²) in [5.74, 6) is -6.73. The molecule has 0 aliphatic carbocycles. The van der Waals surface area contributed by atoms with Crippen LogP contribution in [0.2, 0.25) is 0 Å². The van der Waals surface area contributed by atoms with Gasteiger partial charge in [0.1, 0.15) is 6.04 Å². The molecule has 8 nitrogen and oxygen atoms in total. The van der Waals surface area contributed by atoms with Gasteiger partial charge in [-0.1, -0.05) is 37.5 Å². The SMILES string of the molecule is C=C/C(=C\C(=C)C(F)(F)C(=O)NCC1=C/C=C/C(=O)N(C2CCC(=O)NC2=O)CC=C1)N(C)C. The van der Waals surface area contributed by atoms with E-state index in [1.54, 1.807) is 31.1 Å². The summed E-state index contributed by atoms with van der Waals surface area (Å²) in [6.45, 7) is 6.72. The Morgan fingerprint density at radius 3 is 2.65 bits per heavy atom. The number of amides is 4. The Morgan fingerprint density at radius 1 is 1.32 bits per heavy atom. The molecule has 0 aromatic heterocycles. The van der Waals surface area contributed by atoms with E-state index in [1.807, 2.05) is 0 Å². The van der Waals surface area contributed by atoms with Gasteiger partial charge in [-0.05, 0) is 24.1 Å². The first-order chi connectivity index (χ1) is 16.0. The minimum Gasteiger partial charge on any atom is -0.378 e. The van der Waals surface area contributed by atoms with Gasteiger partial charge >= 0.3 is 5.92 Å². The summed E-state index contributed by atoms with van der Waals surface area (Å²) >= 11 is 0. The second kappa shape index (κ2) is 11.4. The Bertz CT molecular complexity index is 1010. The zero-order valence-corrected chi connectivity index (χ0v) is 19.1. The van der Waals surface area contributed by atoms with E-state index in [9.17, 15) is 28.0 Å². The van der Waals surface area contributed by atoms with Crippen LogP contribution in [0.1, 0.15) is 12.8 Å². The van der Waals surface area contributed by atoms with Gasteiger partial charge in [-0.3, -0.25) is 24.5 Å². The van der Waals surface area contributed by atoms with Gasteiger partial charge in [-0.2, -0.15) is 8.78 Å². The predicted octanol–water partition coefficient (Wildman–Crippen LogP) is 1.61. The molecule has 0 spiro atoms. The van der Waals surface area contributed by atoms with Crippen molar-refractivity contribution in [2.75, 3.05) is 27.2 Å². The molecule has 10 heteroatoms. The Hall–Kier alpha value is -3.82. The van der Waals surface area contributed by atoms with Crippen LogP contribution in [-0.2, 0) is 19.2 Å². The third-order valence-electron chi connectivity index (χ3n) is 5.24. The third-order valence-corrected chi connectivity index (χ3v) is 5.24. The van der Waals surface area contributed by atoms with Crippen molar-refractivity contribution >= 4 is 23.6 Å². The minimum absolute atomic E-state index is 0.0629. The van der Waals surface area contributed by atoms with Crippen LogP contribution < -0.4 is 10.6 Å². The number of hydrogen-bond donors (Lipinski definition) is 2. The van der Waals surface area contributed by atoms with Crippen molar-refractivity contribution in [1.82, 2.24) is 20.4 Å². The topological polar surface area (TPSA) is 98.8 Å². The Balaban J connectivity index is 2.06. The second-order valence-corrected chi connectivity index (χ2v) is 7.91. The zero-order valence-electron chi connectivity index (χ0n) is 19.1. The van der Waals surface area contributed by atoms with Crippen LogP contribution in [0.4, 0.5) is 8.78 Å². The Labute approximate surface area is 197 Å². The van der Waals surface area contributed by atoms with Gasteiger partial charge < -0.3 is 15.1 Å². The summed E-state index contributed by atoms with van der Waals surface area (Å²) in [6, 6.07) is -0.791. The van der Waals surface area contributed by atoms with Gasteiger partial charge in [0.2, 0.25) is 17.7 Å². The van der Waals surface area contributed by atoms with E-state index in [-0.39, 0.29) is 31.8 Å². The number of allylic oxidation sites excluding steroid dienone is 4. The fraction of sp³-hybridized carbons (Fsp3) is 0.333. The largest absolute Gasteiger partial charge is 0.378 e. The number of halogens is 2. The molecule has 182 valence electrons. The average Bonchev–Trinajstić information content (AvgIpc) is 2.86. The molecule has 34 heavy (non-hydrogen) atoms. The number of imide groups is 1. The van der Waals surface area contributed by atoms with Gasteiger partial charge in [-0.15, -0.1) is 0 Å². The standard InChI is InChI=1S/C24H28F2N4O4/c1-5-18(29(3)4)14-16(2)24(25,26)23(34)27-15-17-8-6-10-21(32)30(13-7-9-17)19-11-12-20(31)28-22(19)33/h5-10,14,19H,1-2,11-13,15H2,3-4H3,(H,27,34)(H,28,31,33)/b9-7?,10-6+,17-8?,18-14+. The van der Waals surface area contributed by atoms with Crippen LogP contribution in [0.25, 0.3) is 0 Å². The first kappa shape index (κ1) is 26.4. The molecule has 2 aliphatic heterocycles. The number of carbonyl (C=O) groups is 4. The summed E-state index contributed by atoms with van der Waals surface area (Å²) in [5.41, 5.74) is 0.146. The average molecular weight is 475 g/mol. The Morgan fingerprint density at radius 2 is 2.03 bits per heavy atom. The van der Waals surface area contributed by atoms with E-state index in [0.717, 1.165) is 6.08 Å². The van der Waals surface area contributed by atoms with Crippen LogP contribution >= 0.6 is 0 Å². The summed E-state index contributed by atoms with van der Waals surface area (Å²) in [6.07, 6.45) is 10.1. The lowest BCUT2D eigenvalue weighted by Crippen LogP contribution is -2.54. The van der Waals surface area contributed by atoms with Gasteiger partial charge in [0.15, 0.2) is 0 Å². The van der Waals surface area contributed by atoms with E-state index >= 15 is 0 Å². The van der Waals surface area contributed by atoms with Gasteiger partial charge in [0.25, 0.3) is 5.91 Å². The highest BCUT2D eigenvalue weighted by atomic mass is 19.3. The molecule has 2 N–H and O–H groups in total. The molecule has 1 atom stereocenters. The summed E-state index contributed by atoms with van der Waals surface area (Å²) in [7, 11) is 3.29. The Kier molecular flexibility index (Phi) is 8.83. The monoisotopic (exact) mass is 474 g/mol. The summed E-state index contributed by atoms with van der Waals surface area (Å²) < 4.78 is 29.1. The molecule has 1 fully saturated rings. The summed E-state index contributed by atoms with van der Waals surface area (Å²) in [5, 5.41) is 4.40. The van der Waals surface area contributed by atoms with Crippen LogP contribution in [-0.4, -0.2) is 72.6 Å². The van der Waals surface area contributed by atoms with Crippen LogP contribution in [0.15, 0.2) is 72.5 Å². The van der Waals surface area contributed by atoms with Gasteiger partial charge in [0.05, 0.1) is 0 Å². The highest BCUT2D eigenvalue weighted by Gasteiger charge is 2.41. The molecule has 4 amide bonds. The second-order valence-electron chi connectivity index (χ2n) is 7.91. The lowest BCUT2D eigenvalue weighted by atomic mass is 10.0. The van der Waals surface area contributed by atoms with Crippen molar-refractivity contribution in [1.29, 1.82) is 0 Å². The molecular formula is C24H28F2N4O4. The van der Waals surface area contributed by atoms with Crippen molar-refractivity contribution in [3.05, 3.63) is 72.5 Å². The van der Waals surface area contributed by atoms with Crippen molar-refractivity contribution in [3.63, 3.8) is 0 Å². The van der Waals surface area contributed by atoms with Gasteiger partial charge in [0, 0.05) is 51.0 Å². The fourth-order valence-electron chi connectivity index (χ4n) is 3.27. The van der Waals surface area contributed by atoms with Crippen LogP contribution in [0.5, 0.6) is 0 Å². The van der Waals surface area contributed by atoms with Crippen molar-refractivity contribution in [2.24, 2.45) is 0 Å². The molecule has 0 radical (unpaired) electrons. The number of piperidine rings is 1. The number of rotatable bonds is 8. The molecular weight excluding hydrogens is 446 g/mol. The fourth-order valence-corrected chi connectivity index (χ4v) is 3.27. The van der Waals surface area contributed by atoms with E-state index in [2.05, 4.69) is 23.8 Å². The lowest BCUT2D eigenvalue weighted by Gasteiger charge is -2.31. The molecule has 1 saturated heterocycles. The smallest absolute Gasteiger partial charge is 0.349 e. The maximum absolute atomic E-state index is 14.5.